The van der Waals surface area contributed by atoms with Gasteiger partial charge >= 0.3 is 0 Å². The first-order valence-electron chi connectivity index (χ1n) is 8.85. The Balaban J connectivity index is 1.60. The minimum Gasteiger partial charge on any atom is -0.493 e. The smallest absolute Gasteiger partial charge is 0.240 e. The quantitative estimate of drug-likeness (QED) is 0.823. The number of carbonyl (C=O) groups is 1. The zero-order chi connectivity index (χ0) is 19.4. The molecule has 0 saturated heterocycles. The molecule has 1 aliphatic rings. The number of benzene rings is 2. The van der Waals surface area contributed by atoms with Crippen molar-refractivity contribution >= 4 is 21.6 Å². The van der Waals surface area contributed by atoms with Crippen LogP contribution in [0.4, 0.5) is 5.69 Å². The van der Waals surface area contributed by atoms with Crippen LogP contribution in [0.25, 0.3) is 0 Å². The van der Waals surface area contributed by atoms with Crippen LogP contribution in [0.2, 0.25) is 0 Å². The van der Waals surface area contributed by atoms with Crippen LogP contribution in [-0.4, -0.2) is 40.3 Å². The fourth-order valence-corrected chi connectivity index (χ4v) is 4.00. The normalized spacial score (nSPS) is 16.1. The monoisotopic (exact) mass is 388 g/mol. The van der Waals surface area contributed by atoms with Crippen molar-refractivity contribution in [2.75, 3.05) is 30.3 Å². The van der Waals surface area contributed by atoms with E-state index in [1.807, 2.05) is 37.3 Å². The predicted octanol–water partition coefficient (Wildman–Crippen LogP) is 2.13. The Labute approximate surface area is 160 Å². The molecule has 0 saturated carbocycles. The number of aryl methyl sites for hydroxylation is 1. The molecule has 7 heteroatoms. The molecule has 3 rings (SSSR count). The molecule has 0 radical (unpaired) electrons. The zero-order valence-corrected chi connectivity index (χ0v) is 16.3. The van der Waals surface area contributed by atoms with Gasteiger partial charge in [-0.3, -0.25) is 9.10 Å². The van der Waals surface area contributed by atoms with Gasteiger partial charge in [-0.05, 0) is 42.7 Å². The number of rotatable bonds is 6. The number of carbonyl (C=O) groups excluding carboxylic acids is 1. The van der Waals surface area contributed by atoms with Crippen LogP contribution in [0.1, 0.15) is 11.1 Å². The maximum absolute atomic E-state index is 12.4. The highest BCUT2D eigenvalue weighted by Gasteiger charge is 2.23. The Morgan fingerprint density at radius 3 is 2.74 bits per heavy atom. The van der Waals surface area contributed by atoms with Gasteiger partial charge in [-0.2, -0.15) is 0 Å². The lowest BCUT2D eigenvalue weighted by Gasteiger charge is -2.26. The van der Waals surface area contributed by atoms with Crippen LogP contribution in [-0.2, 0) is 21.2 Å². The number of amides is 1. The molecule has 0 fully saturated rings. The van der Waals surface area contributed by atoms with Crippen molar-refractivity contribution in [1.82, 2.24) is 5.32 Å². The molecule has 0 bridgehead atoms. The van der Waals surface area contributed by atoms with E-state index in [0.29, 0.717) is 18.8 Å². The second-order valence-corrected chi connectivity index (χ2v) is 8.81. The van der Waals surface area contributed by atoms with Gasteiger partial charge in [0, 0.05) is 12.5 Å². The maximum atomic E-state index is 12.4. The van der Waals surface area contributed by atoms with Gasteiger partial charge in [0.25, 0.3) is 0 Å². The van der Waals surface area contributed by atoms with Gasteiger partial charge in [-0.15, -0.1) is 0 Å². The SMILES string of the molecule is Cc1cccc(N(CC(=O)NC[C@@H]2COc3ccccc3C2)S(C)(=O)=O)c1. The highest BCUT2D eigenvalue weighted by atomic mass is 32.2. The second kappa shape index (κ2) is 8.00. The molecule has 6 nitrogen and oxygen atoms in total. The van der Waals surface area contributed by atoms with Crippen molar-refractivity contribution in [2.24, 2.45) is 5.92 Å². The van der Waals surface area contributed by atoms with E-state index in [0.717, 1.165) is 33.9 Å². The Hall–Kier alpha value is -2.54. The molecular formula is C20H24N2O4S. The molecule has 1 atom stereocenters. The first kappa shape index (κ1) is 19.2. The molecule has 2 aromatic rings. The van der Waals surface area contributed by atoms with Crippen LogP contribution in [0.3, 0.4) is 0 Å². The second-order valence-electron chi connectivity index (χ2n) is 6.90. The maximum Gasteiger partial charge on any atom is 0.240 e. The van der Waals surface area contributed by atoms with E-state index in [1.54, 1.807) is 18.2 Å². The van der Waals surface area contributed by atoms with Gasteiger partial charge < -0.3 is 10.1 Å². The van der Waals surface area contributed by atoms with E-state index >= 15 is 0 Å². The molecule has 0 aromatic heterocycles. The van der Waals surface area contributed by atoms with E-state index in [4.69, 9.17) is 4.74 Å². The number of nitrogens with one attached hydrogen (secondary N) is 1. The van der Waals surface area contributed by atoms with Crippen LogP contribution in [0.15, 0.2) is 48.5 Å². The molecular weight excluding hydrogens is 364 g/mol. The van der Waals surface area contributed by atoms with Crippen LogP contribution in [0.5, 0.6) is 5.75 Å². The summed E-state index contributed by atoms with van der Waals surface area (Å²) in [5.74, 6) is 0.720. The number of ether oxygens (including phenoxy) is 1. The first-order chi connectivity index (χ1) is 12.8. The minimum atomic E-state index is -3.57. The van der Waals surface area contributed by atoms with Crippen molar-refractivity contribution in [3.05, 3.63) is 59.7 Å². The van der Waals surface area contributed by atoms with Gasteiger partial charge in [-0.25, -0.2) is 8.42 Å². The topological polar surface area (TPSA) is 75.7 Å². The zero-order valence-electron chi connectivity index (χ0n) is 15.5. The highest BCUT2D eigenvalue weighted by molar-refractivity contribution is 7.92. The van der Waals surface area contributed by atoms with Crippen molar-refractivity contribution in [3.8, 4) is 5.75 Å². The summed E-state index contributed by atoms with van der Waals surface area (Å²) in [6, 6.07) is 15.0. The van der Waals surface area contributed by atoms with Crippen molar-refractivity contribution in [3.63, 3.8) is 0 Å². The third-order valence-electron chi connectivity index (χ3n) is 4.52. The number of anilines is 1. The summed E-state index contributed by atoms with van der Waals surface area (Å²) < 4.78 is 31.2. The fourth-order valence-electron chi connectivity index (χ4n) is 3.15. The van der Waals surface area contributed by atoms with Crippen molar-refractivity contribution in [1.29, 1.82) is 0 Å². The molecule has 0 spiro atoms. The van der Waals surface area contributed by atoms with E-state index in [-0.39, 0.29) is 18.4 Å². The predicted molar refractivity (Wildman–Crippen MR) is 106 cm³/mol. The molecule has 1 aliphatic heterocycles. The summed E-state index contributed by atoms with van der Waals surface area (Å²) in [5.41, 5.74) is 2.54. The molecule has 27 heavy (non-hydrogen) atoms. The van der Waals surface area contributed by atoms with Gasteiger partial charge in [0.05, 0.1) is 18.6 Å². The summed E-state index contributed by atoms with van der Waals surface area (Å²) in [6.07, 6.45) is 1.93. The highest BCUT2D eigenvalue weighted by Crippen LogP contribution is 2.26. The summed E-state index contributed by atoms with van der Waals surface area (Å²) in [5, 5.41) is 2.85. The first-order valence-corrected chi connectivity index (χ1v) is 10.7. The summed E-state index contributed by atoms with van der Waals surface area (Å²) in [4.78, 5) is 12.4. The molecule has 1 heterocycles. The van der Waals surface area contributed by atoms with E-state index in [9.17, 15) is 13.2 Å². The molecule has 2 aromatic carbocycles. The molecule has 1 N–H and O–H groups in total. The third-order valence-corrected chi connectivity index (χ3v) is 5.66. The molecule has 0 unspecified atom stereocenters. The number of hydrogen-bond acceptors (Lipinski definition) is 4. The van der Waals surface area contributed by atoms with Gasteiger partial charge in [0.1, 0.15) is 12.3 Å². The Morgan fingerprint density at radius 2 is 2.00 bits per heavy atom. The summed E-state index contributed by atoms with van der Waals surface area (Å²) >= 11 is 0. The number of nitrogens with zero attached hydrogens (tertiary/aromatic N) is 1. The van der Waals surface area contributed by atoms with Crippen LogP contribution in [0, 0.1) is 12.8 Å². The Kier molecular flexibility index (Phi) is 5.70. The molecule has 1 amide bonds. The van der Waals surface area contributed by atoms with Gasteiger partial charge in [0.2, 0.25) is 15.9 Å². The standard InChI is InChI=1S/C20H24N2O4S/c1-15-6-5-8-18(10-15)22(27(2,24)25)13-20(23)21-12-16-11-17-7-3-4-9-19(17)26-14-16/h3-10,16H,11-14H2,1-2H3,(H,21,23)/t16-/m1/s1. The average molecular weight is 388 g/mol. The summed E-state index contributed by atoms with van der Waals surface area (Å²) in [7, 11) is -3.57. The van der Waals surface area contributed by atoms with E-state index in [1.165, 1.54) is 0 Å². The van der Waals surface area contributed by atoms with E-state index < -0.39 is 10.0 Å². The van der Waals surface area contributed by atoms with Crippen molar-refractivity contribution < 1.29 is 17.9 Å². The largest absolute Gasteiger partial charge is 0.493 e. The van der Waals surface area contributed by atoms with Gasteiger partial charge in [0.15, 0.2) is 0 Å². The lowest BCUT2D eigenvalue weighted by molar-refractivity contribution is -0.119. The van der Waals surface area contributed by atoms with Gasteiger partial charge in [-0.1, -0.05) is 30.3 Å². The number of para-hydroxylation sites is 1. The van der Waals surface area contributed by atoms with Crippen LogP contribution < -0.4 is 14.4 Å². The average Bonchev–Trinajstić information content (AvgIpc) is 2.63. The lowest BCUT2D eigenvalue weighted by Crippen LogP contribution is -2.43. The molecule has 144 valence electrons. The third kappa shape index (κ3) is 5.01. The van der Waals surface area contributed by atoms with E-state index in [2.05, 4.69) is 5.32 Å². The number of hydrogen-bond donors (Lipinski definition) is 1. The van der Waals surface area contributed by atoms with Crippen molar-refractivity contribution in [2.45, 2.75) is 13.3 Å². The number of fused-ring (bicyclic) bond motifs is 1. The number of sulfonamides is 1. The fraction of sp³-hybridized carbons (Fsp3) is 0.350. The molecule has 0 aliphatic carbocycles. The Bertz CT molecular complexity index is 927. The lowest BCUT2D eigenvalue weighted by atomic mass is 9.97. The minimum absolute atomic E-state index is 0.162. The van der Waals surface area contributed by atoms with Crippen LogP contribution >= 0.6 is 0 Å². The summed E-state index contributed by atoms with van der Waals surface area (Å²) in [6.45, 7) is 2.61. The Morgan fingerprint density at radius 1 is 1.22 bits per heavy atom.